The van der Waals surface area contributed by atoms with Crippen LogP contribution in [0.4, 0.5) is 5.69 Å². The van der Waals surface area contributed by atoms with Crippen molar-refractivity contribution in [1.82, 2.24) is 9.47 Å². The number of para-hydroxylation sites is 1. The zero-order valence-corrected chi connectivity index (χ0v) is 12.8. The standard InChI is InChI=1S/C17H23N3O/c1-3-20-10-6-7-13(20)12-18-15-11-17(21)19(2)16-9-5-4-8-14(15)16/h4-5,8-9,11,13,18H,3,6-7,10,12H2,1-2H3. The number of rotatable bonds is 4. The van der Waals surface area contributed by atoms with Crippen molar-refractivity contribution in [1.29, 1.82) is 0 Å². The zero-order valence-electron chi connectivity index (χ0n) is 12.8. The summed E-state index contributed by atoms with van der Waals surface area (Å²) < 4.78 is 1.70. The highest BCUT2D eigenvalue weighted by Gasteiger charge is 2.22. The van der Waals surface area contributed by atoms with Gasteiger partial charge < -0.3 is 9.88 Å². The lowest BCUT2D eigenvalue weighted by atomic mass is 10.1. The molecule has 112 valence electrons. The fourth-order valence-corrected chi connectivity index (χ4v) is 3.33. The first-order valence-corrected chi connectivity index (χ1v) is 7.77. The number of hydrogen-bond acceptors (Lipinski definition) is 3. The van der Waals surface area contributed by atoms with Gasteiger partial charge in [-0.3, -0.25) is 9.69 Å². The van der Waals surface area contributed by atoms with Crippen molar-refractivity contribution in [3.63, 3.8) is 0 Å². The van der Waals surface area contributed by atoms with E-state index in [0.29, 0.717) is 6.04 Å². The maximum absolute atomic E-state index is 12.1. The summed E-state index contributed by atoms with van der Waals surface area (Å²) in [5.74, 6) is 0. The van der Waals surface area contributed by atoms with Gasteiger partial charge in [0.2, 0.25) is 0 Å². The van der Waals surface area contributed by atoms with Crippen LogP contribution in [0.15, 0.2) is 35.1 Å². The predicted octanol–water partition coefficient (Wildman–Crippen LogP) is 2.43. The van der Waals surface area contributed by atoms with E-state index in [-0.39, 0.29) is 5.56 Å². The molecular formula is C17H23N3O. The van der Waals surface area contributed by atoms with Gasteiger partial charge in [0.05, 0.1) is 5.52 Å². The Morgan fingerprint density at radius 1 is 1.33 bits per heavy atom. The summed E-state index contributed by atoms with van der Waals surface area (Å²) in [6.45, 7) is 5.42. The number of nitrogens with one attached hydrogen (secondary N) is 1. The van der Waals surface area contributed by atoms with E-state index in [0.717, 1.165) is 29.7 Å². The second kappa shape index (κ2) is 5.90. The van der Waals surface area contributed by atoms with Crippen LogP contribution in [0.1, 0.15) is 19.8 Å². The first kappa shape index (κ1) is 14.1. The molecule has 1 aromatic carbocycles. The van der Waals surface area contributed by atoms with Crippen LogP contribution in [-0.2, 0) is 7.05 Å². The van der Waals surface area contributed by atoms with E-state index in [1.54, 1.807) is 10.6 Å². The van der Waals surface area contributed by atoms with Gasteiger partial charge in [-0.15, -0.1) is 0 Å². The average Bonchev–Trinajstić information content (AvgIpc) is 2.97. The maximum Gasteiger partial charge on any atom is 0.252 e. The third-order valence-electron chi connectivity index (χ3n) is 4.59. The van der Waals surface area contributed by atoms with Crippen molar-refractivity contribution >= 4 is 16.6 Å². The molecule has 4 nitrogen and oxygen atoms in total. The summed E-state index contributed by atoms with van der Waals surface area (Å²) in [6, 6.07) is 10.4. The molecule has 1 N–H and O–H groups in total. The molecule has 1 atom stereocenters. The van der Waals surface area contributed by atoms with Gasteiger partial charge in [-0.25, -0.2) is 0 Å². The number of hydrogen-bond donors (Lipinski definition) is 1. The predicted molar refractivity (Wildman–Crippen MR) is 87.9 cm³/mol. The van der Waals surface area contributed by atoms with E-state index < -0.39 is 0 Å². The first-order chi connectivity index (χ1) is 10.2. The van der Waals surface area contributed by atoms with Crippen molar-refractivity contribution in [2.45, 2.75) is 25.8 Å². The quantitative estimate of drug-likeness (QED) is 0.937. The third kappa shape index (κ3) is 2.68. The molecule has 1 unspecified atom stereocenters. The van der Waals surface area contributed by atoms with Gasteiger partial charge in [-0.2, -0.15) is 0 Å². The van der Waals surface area contributed by atoms with Crippen molar-refractivity contribution in [3.05, 3.63) is 40.7 Å². The molecule has 1 aromatic heterocycles. The van der Waals surface area contributed by atoms with Crippen LogP contribution in [-0.4, -0.2) is 35.1 Å². The normalized spacial score (nSPS) is 19.2. The van der Waals surface area contributed by atoms with Gasteiger partial charge in [0.15, 0.2) is 0 Å². The van der Waals surface area contributed by atoms with Gasteiger partial charge in [0, 0.05) is 36.8 Å². The summed E-state index contributed by atoms with van der Waals surface area (Å²) in [5.41, 5.74) is 1.97. The molecule has 1 saturated heterocycles. The van der Waals surface area contributed by atoms with Gasteiger partial charge in [0.25, 0.3) is 5.56 Å². The van der Waals surface area contributed by atoms with E-state index in [2.05, 4.69) is 23.2 Å². The van der Waals surface area contributed by atoms with Crippen molar-refractivity contribution in [3.8, 4) is 0 Å². The average molecular weight is 285 g/mol. The molecule has 4 heteroatoms. The number of fused-ring (bicyclic) bond motifs is 1. The van der Waals surface area contributed by atoms with Crippen molar-refractivity contribution in [2.75, 3.05) is 25.0 Å². The highest BCUT2D eigenvalue weighted by atomic mass is 16.1. The molecule has 2 aromatic rings. The summed E-state index contributed by atoms with van der Waals surface area (Å²) >= 11 is 0. The Morgan fingerprint density at radius 3 is 2.95 bits per heavy atom. The Labute approximate surface area is 125 Å². The molecule has 21 heavy (non-hydrogen) atoms. The first-order valence-electron chi connectivity index (χ1n) is 7.77. The minimum atomic E-state index is 0.0370. The van der Waals surface area contributed by atoms with Crippen LogP contribution in [0.5, 0.6) is 0 Å². The molecule has 1 aliphatic heterocycles. The van der Waals surface area contributed by atoms with Gasteiger partial charge in [-0.1, -0.05) is 25.1 Å². The van der Waals surface area contributed by atoms with Gasteiger partial charge in [0.1, 0.15) is 0 Å². The molecule has 0 saturated carbocycles. The minimum absolute atomic E-state index is 0.0370. The van der Waals surface area contributed by atoms with Crippen molar-refractivity contribution < 1.29 is 0 Å². The van der Waals surface area contributed by atoms with Gasteiger partial charge >= 0.3 is 0 Å². The highest BCUT2D eigenvalue weighted by molar-refractivity contribution is 5.91. The Hall–Kier alpha value is -1.81. The number of pyridine rings is 1. The fourth-order valence-electron chi connectivity index (χ4n) is 3.33. The van der Waals surface area contributed by atoms with Crippen molar-refractivity contribution in [2.24, 2.45) is 7.05 Å². The topological polar surface area (TPSA) is 37.3 Å². The second-order valence-electron chi connectivity index (χ2n) is 5.78. The van der Waals surface area contributed by atoms with E-state index in [1.807, 2.05) is 25.2 Å². The molecule has 2 heterocycles. The number of likely N-dealkylation sites (N-methyl/N-ethyl adjacent to an activating group) is 1. The van der Waals surface area contributed by atoms with E-state index >= 15 is 0 Å². The molecule has 1 fully saturated rings. The monoisotopic (exact) mass is 285 g/mol. The lowest BCUT2D eigenvalue weighted by Crippen LogP contribution is -2.34. The highest BCUT2D eigenvalue weighted by Crippen LogP contribution is 2.22. The Kier molecular flexibility index (Phi) is 3.97. The molecule has 0 bridgehead atoms. The molecule has 0 radical (unpaired) electrons. The lowest BCUT2D eigenvalue weighted by molar-refractivity contribution is 0.277. The zero-order chi connectivity index (χ0) is 14.8. The smallest absolute Gasteiger partial charge is 0.252 e. The molecule has 3 rings (SSSR count). The van der Waals surface area contributed by atoms with E-state index in [9.17, 15) is 4.79 Å². The maximum atomic E-state index is 12.1. The Bertz CT molecular complexity index is 692. The van der Waals surface area contributed by atoms with E-state index in [1.165, 1.54) is 19.4 Å². The molecular weight excluding hydrogens is 262 g/mol. The van der Waals surface area contributed by atoms with Crippen LogP contribution in [0, 0.1) is 0 Å². The summed E-state index contributed by atoms with van der Waals surface area (Å²) in [6.07, 6.45) is 2.51. The lowest BCUT2D eigenvalue weighted by Gasteiger charge is -2.23. The minimum Gasteiger partial charge on any atom is -0.383 e. The molecule has 0 spiro atoms. The number of aryl methyl sites for hydroxylation is 1. The number of anilines is 1. The number of likely N-dealkylation sites (tertiary alicyclic amines) is 1. The second-order valence-corrected chi connectivity index (χ2v) is 5.78. The SMILES string of the molecule is CCN1CCCC1CNc1cc(=O)n(C)c2ccccc12. The van der Waals surface area contributed by atoms with Crippen LogP contribution in [0.3, 0.4) is 0 Å². The molecule has 0 amide bonds. The molecule has 1 aliphatic rings. The van der Waals surface area contributed by atoms with E-state index in [4.69, 9.17) is 0 Å². The number of benzene rings is 1. The number of nitrogens with zero attached hydrogens (tertiary/aromatic N) is 2. The Balaban J connectivity index is 1.87. The van der Waals surface area contributed by atoms with Crippen LogP contribution in [0.2, 0.25) is 0 Å². The fraction of sp³-hybridized carbons (Fsp3) is 0.471. The summed E-state index contributed by atoms with van der Waals surface area (Å²) in [5, 5.41) is 4.62. The summed E-state index contributed by atoms with van der Waals surface area (Å²) in [4.78, 5) is 14.6. The van der Waals surface area contributed by atoms with Gasteiger partial charge in [-0.05, 0) is 32.0 Å². The summed E-state index contributed by atoms with van der Waals surface area (Å²) in [7, 11) is 1.82. The largest absolute Gasteiger partial charge is 0.383 e. The molecule has 0 aliphatic carbocycles. The number of aromatic nitrogens is 1. The van der Waals surface area contributed by atoms with Crippen LogP contribution >= 0.6 is 0 Å². The third-order valence-corrected chi connectivity index (χ3v) is 4.59. The van der Waals surface area contributed by atoms with Crippen LogP contribution in [0.25, 0.3) is 10.9 Å². The Morgan fingerprint density at radius 2 is 2.14 bits per heavy atom. The van der Waals surface area contributed by atoms with Crippen LogP contribution < -0.4 is 10.9 Å².